The van der Waals surface area contributed by atoms with Crippen LogP contribution in [-0.4, -0.2) is 26.8 Å². The molecule has 5 heteroatoms. The Morgan fingerprint density at radius 3 is 2.73 bits per heavy atom. The van der Waals surface area contributed by atoms with Gasteiger partial charge in [-0.25, -0.2) is 4.79 Å². The van der Waals surface area contributed by atoms with Crippen LogP contribution in [-0.2, 0) is 4.74 Å². The second-order valence-electron chi connectivity index (χ2n) is 2.80. The van der Waals surface area contributed by atoms with E-state index >= 15 is 0 Å². The zero-order valence-corrected chi connectivity index (χ0v) is 9.85. The topological polar surface area (TPSA) is 44.8 Å². The minimum Gasteiger partial charge on any atom is -0.492 e. The lowest BCUT2D eigenvalue weighted by atomic mass is 10.4. The molecule has 0 bridgehead atoms. The van der Waals surface area contributed by atoms with E-state index in [1.807, 2.05) is 6.92 Å². The molecule has 84 valence electrons. The molecule has 0 aliphatic heterocycles. The van der Waals surface area contributed by atoms with E-state index in [4.69, 9.17) is 9.47 Å². The van der Waals surface area contributed by atoms with E-state index in [2.05, 4.69) is 4.74 Å². The quantitative estimate of drug-likeness (QED) is 0.728. The molecule has 0 aliphatic rings. The molecule has 0 aromatic carbocycles. The van der Waals surface area contributed by atoms with Crippen LogP contribution in [0.15, 0.2) is 6.07 Å². The highest BCUT2D eigenvalue weighted by atomic mass is 32.1. The Kier molecular flexibility index (Phi) is 4.42. The SMILES string of the molecule is CCCOc1cc(OC)sc1C(=O)OC. The van der Waals surface area contributed by atoms with Gasteiger partial charge < -0.3 is 14.2 Å². The zero-order chi connectivity index (χ0) is 11.3. The molecule has 0 saturated carbocycles. The van der Waals surface area contributed by atoms with Crippen LogP contribution in [0, 0.1) is 0 Å². The van der Waals surface area contributed by atoms with E-state index in [0.717, 1.165) is 6.42 Å². The van der Waals surface area contributed by atoms with Crippen LogP contribution in [0.25, 0.3) is 0 Å². The fraction of sp³-hybridized carbons (Fsp3) is 0.500. The van der Waals surface area contributed by atoms with E-state index in [0.29, 0.717) is 22.3 Å². The van der Waals surface area contributed by atoms with Crippen LogP contribution in [0.5, 0.6) is 10.8 Å². The number of hydrogen-bond donors (Lipinski definition) is 0. The summed E-state index contributed by atoms with van der Waals surface area (Å²) in [6.07, 6.45) is 0.888. The molecule has 0 N–H and O–H groups in total. The molecule has 0 spiro atoms. The molecule has 15 heavy (non-hydrogen) atoms. The largest absolute Gasteiger partial charge is 0.492 e. The van der Waals surface area contributed by atoms with Crippen molar-refractivity contribution in [3.05, 3.63) is 10.9 Å². The first-order valence-electron chi connectivity index (χ1n) is 4.61. The number of carbonyl (C=O) groups is 1. The lowest BCUT2D eigenvalue weighted by Crippen LogP contribution is -2.02. The molecule has 0 unspecified atom stereocenters. The first-order chi connectivity index (χ1) is 7.22. The van der Waals surface area contributed by atoms with Crippen molar-refractivity contribution in [3.63, 3.8) is 0 Å². The van der Waals surface area contributed by atoms with Crippen LogP contribution in [0.2, 0.25) is 0 Å². The van der Waals surface area contributed by atoms with Gasteiger partial charge in [0.05, 0.1) is 20.8 Å². The lowest BCUT2D eigenvalue weighted by molar-refractivity contribution is 0.0602. The summed E-state index contributed by atoms with van der Waals surface area (Å²) in [5.74, 6) is 0.139. The molecule has 1 rings (SSSR count). The minimum atomic E-state index is -0.394. The fourth-order valence-corrected chi connectivity index (χ4v) is 1.84. The monoisotopic (exact) mass is 230 g/mol. The summed E-state index contributed by atoms with van der Waals surface area (Å²) >= 11 is 1.22. The summed E-state index contributed by atoms with van der Waals surface area (Å²) in [5, 5.41) is 0.640. The van der Waals surface area contributed by atoms with Gasteiger partial charge in [0.2, 0.25) is 0 Å². The fourth-order valence-electron chi connectivity index (χ4n) is 1.01. The summed E-state index contributed by atoms with van der Waals surface area (Å²) < 4.78 is 15.1. The standard InChI is InChI=1S/C10H14O4S/c1-4-5-14-7-6-8(12-2)15-9(7)10(11)13-3/h6H,4-5H2,1-3H3. The van der Waals surface area contributed by atoms with Gasteiger partial charge in [-0.05, 0) is 6.42 Å². The van der Waals surface area contributed by atoms with Crippen molar-refractivity contribution in [2.75, 3.05) is 20.8 Å². The molecular formula is C10H14O4S. The van der Waals surface area contributed by atoms with Gasteiger partial charge in [-0.3, -0.25) is 0 Å². The van der Waals surface area contributed by atoms with Gasteiger partial charge in [0.1, 0.15) is 5.75 Å². The van der Waals surface area contributed by atoms with Gasteiger partial charge in [0.15, 0.2) is 9.94 Å². The van der Waals surface area contributed by atoms with E-state index < -0.39 is 5.97 Å². The Labute approximate surface area is 92.8 Å². The number of esters is 1. The Bertz CT molecular complexity index is 332. The second-order valence-corrected chi connectivity index (χ2v) is 3.82. The highest BCUT2D eigenvalue weighted by Gasteiger charge is 2.18. The average molecular weight is 230 g/mol. The van der Waals surface area contributed by atoms with Crippen LogP contribution in [0.3, 0.4) is 0 Å². The van der Waals surface area contributed by atoms with Gasteiger partial charge in [0, 0.05) is 6.07 Å². The highest BCUT2D eigenvalue weighted by molar-refractivity contribution is 7.16. The molecule has 0 atom stereocenters. The van der Waals surface area contributed by atoms with E-state index in [1.54, 1.807) is 13.2 Å². The minimum absolute atomic E-state index is 0.394. The van der Waals surface area contributed by atoms with E-state index in [-0.39, 0.29) is 0 Å². The second kappa shape index (κ2) is 5.60. The van der Waals surface area contributed by atoms with Crippen molar-refractivity contribution in [2.45, 2.75) is 13.3 Å². The smallest absolute Gasteiger partial charge is 0.352 e. The van der Waals surface area contributed by atoms with Gasteiger partial charge in [0.25, 0.3) is 0 Å². The van der Waals surface area contributed by atoms with Crippen LogP contribution in [0.1, 0.15) is 23.0 Å². The molecule has 1 aromatic heterocycles. The maximum absolute atomic E-state index is 11.4. The molecule has 1 aromatic rings. The van der Waals surface area contributed by atoms with Gasteiger partial charge in [-0.2, -0.15) is 0 Å². The highest BCUT2D eigenvalue weighted by Crippen LogP contribution is 2.35. The van der Waals surface area contributed by atoms with Crippen molar-refractivity contribution >= 4 is 17.3 Å². The van der Waals surface area contributed by atoms with Crippen molar-refractivity contribution in [3.8, 4) is 10.8 Å². The Morgan fingerprint density at radius 2 is 2.20 bits per heavy atom. The number of thiophene rings is 1. The van der Waals surface area contributed by atoms with Gasteiger partial charge >= 0.3 is 5.97 Å². The summed E-state index contributed by atoms with van der Waals surface area (Å²) in [6, 6.07) is 1.70. The summed E-state index contributed by atoms with van der Waals surface area (Å²) in [5.41, 5.74) is 0. The summed E-state index contributed by atoms with van der Waals surface area (Å²) in [6.45, 7) is 2.57. The molecule has 1 heterocycles. The number of carbonyl (C=O) groups excluding carboxylic acids is 1. The number of methoxy groups -OCH3 is 2. The van der Waals surface area contributed by atoms with Crippen LogP contribution in [0.4, 0.5) is 0 Å². The summed E-state index contributed by atoms with van der Waals surface area (Å²) in [7, 11) is 2.90. The molecular weight excluding hydrogens is 216 g/mol. The third kappa shape index (κ3) is 2.86. The third-order valence-corrected chi connectivity index (χ3v) is 2.77. The van der Waals surface area contributed by atoms with Gasteiger partial charge in [-0.1, -0.05) is 18.3 Å². The Balaban J connectivity index is 2.89. The van der Waals surface area contributed by atoms with Crippen molar-refractivity contribution in [1.29, 1.82) is 0 Å². The predicted octanol–water partition coefficient (Wildman–Crippen LogP) is 2.33. The number of rotatable bonds is 5. The van der Waals surface area contributed by atoms with Crippen molar-refractivity contribution in [2.24, 2.45) is 0 Å². The molecule has 0 radical (unpaired) electrons. The molecule has 4 nitrogen and oxygen atoms in total. The summed E-state index contributed by atoms with van der Waals surface area (Å²) in [4.78, 5) is 11.8. The normalized spacial score (nSPS) is 9.80. The number of hydrogen-bond acceptors (Lipinski definition) is 5. The van der Waals surface area contributed by atoms with Crippen molar-refractivity contribution in [1.82, 2.24) is 0 Å². The Morgan fingerprint density at radius 1 is 1.47 bits per heavy atom. The van der Waals surface area contributed by atoms with Crippen LogP contribution >= 0.6 is 11.3 Å². The van der Waals surface area contributed by atoms with Gasteiger partial charge in [-0.15, -0.1) is 0 Å². The third-order valence-electron chi connectivity index (χ3n) is 1.71. The maximum Gasteiger partial charge on any atom is 0.352 e. The van der Waals surface area contributed by atoms with E-state index in [1.165, 1.54) is 18.4 Å². The molecule has 0 fully saturated rings. The molecule has 0 saturated heterocycles. The van der Waals surface area contributed by atoms with E-state index in [9.17, 15) is 4.79 Å². The average Bonchev–Trinajstić information content (AvgIpc) is 2.68. The maximum atomic E-state index is 11.4. The molecule has 0 aliphatic carbocycles. The first-order valence-corrected chi connectivity index (χ1v) is 5.43. The first kappa shape index (κ1) is 11.8. The zero-order valence-electron chi connectivity index (χ0n) is 9.03. The van der Waals surface area contributed by atoms with Crippen molar-refractivity contribution < 1.29 is 19.0 Å². The molecule has 0 amide bonds. The lowest BCUT2D eigenvalue weighted by Gasteiger charge is -2.03. The Hall–Kier alpha value is -1.23. The predicted molar refractivity (Wildman–Crippen MR) is 58.0 cm³/mol. The van der Waals surface area contributed by atoms with Crippen LogP contribution < -0.4 is 9.47 Å². The number of ether oxygens (including phenoxy) is 3.